The third-order valence-corrected chi connectivity index (χ3v) is 4.08. The van der Waals surface area contributed by atoms with Gasteiger partial charge in [-0.05, 0) is 61.9 Å². The van der Waals surface area contributed by atoms with Gasteiger partial charge in [-0.3, -0.25) is 14.9 Å². The molecule has 6 nitrogen and oxygen atoms in total. The lowest BCUT2D eigenvalue weighted by molar-refractivity contribution is 0.0505. The molecular weight excluding hydrogens is 361 g/mol. The van der Waals surface area contributed by atoms with E-state index in [1.807, 2.05) is 6.92 Å². The van der Waals surface area contributed by atoms with Crippen molar-refractivity contribution >= 4 is 17.9 Å². The van der Waals surface area contributed by atoms with E-state index in [0.717, 1.165) is 6.42 Å². The van der Waals surface area contributed by atoms with Gasteiger partial charge in [0.15, 0.2) is 0 Å². The van der Waals surface area contributed by atoms with Crippen molar-refractivity contribution in [3.63, 3.8) is 0 Å². The minimum absolute atomic E-state index is 0.285. The number of aliphatic imine (C=N–C) groups is 1. The highest BCUT2D eigenvalue weighted by atomic mass is 19.1. The molecule has 7 heteroatoms. The maximum absolute atomic E-state index is 13.1. The van der Waals surface area contributed by atoms with Crippen molar-refractivity contribution < 1.29 is 13.9 Å². The van der Waals surface area contributed by atoms with Crippen molar-refractivity contribution in [1.29, 1.82) is 0 Å². The van der Waals surface area contributed by atoms with Crippen molar-refractivity contribution in [2.24, 2.45) is 4.99 Å². The number of benzene rings is 2. The Balaban J connectivity index is 1.80. The summed E-state index contributed by atoms with van der Waals surface area (Å²) in [6.07, 6.45) is 2.23. The molecule has 0 unspecified atom stereocenters. The predicted molar refractivity (Wildman–Crippen MR) is 105 cm³/mol. The Morgan fingerprint density at radius 2 is 1.86 bits per heavy atom. The fraction of sp³-hybridized carbons (Fsp3) is 0.190. The van der Waals surface area contributed by atoms with Gasteiger partial charge in [-0.2, -0.15) is 0 Å². The SMILES string of the molecule is CCCOC(=O)c1ccc(N=Cc2c(C)[nH]n(-c3ccc(F)cc3)c2=O)cc1. The topological polar surface area (TPSA) is 76.4 Å². The van der Waals surface area contributed by atoms with E-state index in [0.29, 0.717) is 34.8 Å². The number of esters is 1. The van der Waals surface area contributed by atoms with Crippen LogP contribution in [0, 0.1) is 12.7 Å². The number of rotatable bonds is 6. The number of nitrogens with zero attached hydrogens (tertiary/aromatic N) is 2. The third kappa shape index (κ3) is 4.25. The molecule has 0 fully saturated rings. The lowest BCUT2D eigenvalue weighted by Crippen LogP contribution is -2.17. The molecule has 0 aliphatic rings. The molecule has 0 aliphatic carbocycles. The van der Waals surface area contributed by atoms with Crippen LogP contribution < -0.4 is 5.56 Å². The normalized spacial score (nSPS) is 11.1. The summed E-state index contributed by atoms with van der Waals surface area (Å²) >= 11 is 0. The van der Waals surface area contributed by atoms with Crippen LogP contribution in [0.1, 0.15) is 35.0 Å². The number of ether oxygens (including phenoxy) is 1. The van der Waals surface area contributed by atoms with Crippen molar-refractivity contribution in [3.05, 3.63) is 81.5 Å². The Bertz CT molecular complexity index is 1050. The number of aromatic nitrogens is 2. The van der Waals surface area contributed by atoms with Gasteiger partial charge < -0.3 is 4.74 Å². The number of carbonyl (C=O) groups excluding carboxylic acids is 1. The van der Waals surface area contributed by atoms with Crippen LogP contribution >= 0.6 is 0 Å². The maximum Gasteiger partial charge on any atom is 0.338 e. The summed E-state index contributed by atoms with van der Waals surface area (Å²) in [4.78, 5) is 28.7. The molecule has 3 rings (SSSR count). The predicted octanol–water partition coefficient (Wildman–Crippen LogP) is 3.93. The molecular formula is C21H20FN3O3. The molecule has 1 N–H and O–H groups in total. The Hall–Kier alpha value is -3.48. The molecule has 0 bridgehead atoms. The minimum Gasteiger partial charge on any atom is -0.462 e. The zero-order valence-electron chi connectivity index (χ0n) is 15.6. The van der Waals surface area contributed by atoms with Gasteiger partial charge in [0, 0.05) is 11.9 Å². The molecule has 1 aromatic heterocycles. The molecule has 0 aliphatic heterocycles. The Labute approximate surface area is 161 Å². The highest BCUT2D eigenvalue weighted by molar-refractivity contribution is 5.90. The molecule has 0 radical (unpaired) electrons. The average Bonchev–Trinajstić information content (AvgIpc) is 2.99. The Morgan fingerprint density at radius 1 is 1.18 bits per heavy atom. The molecule has 2 aromatic carbocycles. The van der Waals surface area contributed by atoms with E-state index in [1.54, 1.807) is 31.2 Å². The molecule has 144 valence electrons. The standard InChI is InChI=1S/C21H20FN3O3/c1-3-12-28-21(27)15-4-8-17(9-5-15)23-13-19-14(2)24-25(20(19)26)18-10-6-16(22)7-11-18/h4-11,13,24H,3,12H2,1-2H3. The number of aryl methyl sites for hydroxylation is 1. The molecule has 28 heavy (non-hydrogen) atoms. The molecule has 0 spiro atoms. The van der Waals surface area contributed by atoms with Gasteiger partial charge in [-0.1, -0.05) is 6.92 Å². The van der Waals surface area contributed by atoms with Gasteiger partial charge >= 0.3 is 5.97 Å². The number of hydrogen-bond acceptors (Lipinski definition) is 4. The lowest BCUT2D eigenvalue weighted by atomic mass is 10.2. The van der Waals surface area contributed by atoms with Crippen LogP contribution in [-0.4, -0.2) is 28.6 Å². The van der Waals surface area contributed by atoms with E-state index in [-0.39, 0.29) is 17.3 Å². The number of nitrogens with one attached hydrogen (secondary N) is 1. The Kier molecular flexibility index (Phi) is 5.84. The second kappa shape index (κ2) is 8.47. The first-order valence-corrected chi connectivity index (χ1v) is 8.88. The van der Waals surface area contributed by atoms with Gasteiger partial charge in [-0.15, -0.1) is 0 Å². The molecule has 1 heterocycles. The molecule has 0 atom stereocenters. The quantitative estimate of drug-likeness (QED) is 0.519. The molecule has 0 saturated carbocycles. The summed E-state index contributed by atoms with van der Waals surface area (Å²) in [5.41, 5.74) is 2.33. The van der Waals surface area contributed by atoms with E-state index in [1.165, 1.54) is 35.2 Å². The monoisotopic (exact) mass is 381 g/mol. The van der Waals surface area contributed by atoms with Crippen LogP contribution in [-0.2, 0) is 4.74 Å². The van der Waals surface area contributed by atoms with Gasteiger partial charge in [0.2, 0.25) is 0 Å². The van der Waals surface area contributed by atoms with Gasteiger partial charge in [0.1, 0.15) is 5.82 Å². The largest absolute Gasteiger partial charge is 0.462 e. The van der Waals surface area contributed by atoms with E-state index < -0.39 is 0 Å². The van der Waals surface area contributed by atoms with Crippen LogP contribution in [0.3, 0.4) is 0 Å². The second-order valence-corrected chi connectivity index (χ2v) is 6.21. The highest BCUT2D eigenvalue weighted by Crippen LogP contribution is 2.14. The smallest absolute Gasteiger partial charge is 0.338 e. The van der Waals surface area contributed by atoms with Crippen molar-refractivity contribution in [1.82, 2.24) is 9.78 Å². The zero-order valence-corrected chi connectivity index (χ0v) is 15.6. The van der Waals surface area contributed by atoms with Crippen molar-refractivity contribution in [2.75, 3.05) is 6.61 Å². The fourth-order valence-corrected chi connectivity index (χ4v) is 2.58. The lowest BCUT2D eigenvalue weighted by Gasteiger charge is -2.02. The van der Waals surface area contributed by atoms with E-state index in [4.69, 9.17) is 4.74 Å². The fourth-order valence-electron chi connectivity index (χ4n) is 2.58. The zero-order chi connectivity index (χ0) is 20.1. The van der Waals surface area contributed by atoms with Crippen molar-refractivity contribution in [3.8, 4) is 5.69 Å². The van der Waals surface area contributed by atoms with Gasteiger partial charge in [-0.25, -0.2) is 13.9 Å². The number of hydrogen-bond donors (Lipinski definition) is 1. The third-order valence-electron chi connectivity index (χ3n) is 4.08. The van der Waals surface area contributed by atoms with Crippen LogP contribution in [0.2, 0.25) is 0 Å². The van der Waals surface area contributed by atoms with E-state index in [9.17, 15) is 14.0 Å². The van der Waals surface area contributed by atoms with Gasteiger partial charge in [0.25, 0.3) is 5.56 Å². The minimum atomic E-state index is -0.374. The molecule has 0 saturated heterocycles. The molecule has 0 amide bonds. The van der Waals surface area contributed by atoms with E-state index >= 15 is 0 Å². The summed E-state index contributed by atoms with van der Waals surface area (Å²) in [5.74, 6) is -0.745. The highest BCUT2D eigenvalue weighted by Gasteiger charge is 2.11. The Morgan fingerprint density at radius 3 is 2.50 bits per heavy atom. The molecule has 3 aromatic rings. The first-order chi connectivity index (χ1) is 13.5. The number of aromatic amines is 1. The van der Waals surface area contributed by atoms with Gasteiger partial charge in [0.05, 0.1) is 29.1 Å². The average molecular weight is 381 g/mol. The van der Waals surface area contributed by atoms with Crippen LogP contribution in [0.15, 0.2) is 58.3 Å². The summed E-state index contributed by atoms with van der Waals surface area (Å²) in [7, 11) is 0. The first-order valence-electron chi connectivity index (χ1n) is 8.88. The number of halogens is 1. The summed E-state index contributed by atoms with van der Waals surface area (Å²) in [6.45, 7) is 4.07. The summed E-state index contributed by atoms with van der Waals surface area (Å²) in [5, 5.41) is 2.96. The van der Waals surface area contributed by atoms with E-state index in [2.05, 4.69) is 10.1 Å². The van der Waals surface area contributed by atoms with Crippen molar-refractivity contribution in [2.45, 2.75) is 20.3 Å². The maximum atomic E-state index is 13.1. The van der Waals surface area contributed by atoms with Crippen LogP contribution in [0.4, 0.5) is 10.1 Å². The first kappa shape index (κ1) is 19.3. The summed E-state index contributed by atoms with van der Waals surface area (Å²) in [6, 6.07) is 12.2. The number of H-pyrrole nitrogens is 1. The second-order valence-electron chi connectivity index (χ2n) is 6.21. The van der Waals surface area contributed by atoms with Crippen LogP contribution in [0.5, 0.6) is 0 Å². The van der Waals surface area contributed by atoms with Crippen LogP contribution in [0.25, 0.3) is 5.69 Å². The summed E-state index contributed by atoms with van der Waals surface area (Å²) < 4.78 is 19.5. The number of carbonyl (C=O) groups is 1.